The van der Waals surface area contributed by atoms with E-state index in [0.29, 0.717) is 33.7 Å². The fourth-order valence-electron chi connectivity index (χ4n) is 2.47. The molecule has 0 bridgehead atoms. The first-order valence-corrected chi connectivity index (χ1v) is 10.2. The van der Waals surface area contributed by atoms with Crippen molar-refractivity contribution in [3.63, 3.8) is 0 Å². The maximum Gasteiger partial charge on any atom is 0.236 e. The Labute approximate surface area is 181 Å². The van der Waals surface area contributed by atoms with Crippen LogP contribution in [-0.4, -0.2) is 31.4 Å². The van der Waals surface area contributed by atoms with E-state index >= 15 is 0 Å². The number of nitrogens with one attached hydrogen (secondary N) is 1. The third-order valence-corrected chi connectivity index (χ3v) is 5.75. The van der Waals surface area contributed by atoms with Gasteiger partial charge in [-0.15, -0.1) is 16.8 Å². The number of hydrogen-bond donors (Lipinski definition) is 1. The Kier molecular flexibility index (Phi) is 6.89. The van der Waals surface area contributed by atoms with Crippen LogP contribution in [0.15, 0.2) is 48.3 Å². The molecule has 2 aromatic heterocycles. The normalized spacial score (nSPS) is 10.8. The molecule has 1 N–H and O–H groups in total. The molecule has 0 fully saturated rings. The minimum atomic E-state index is -0.404. The Hall–Kier alpha value is -2.42. The van der Waals surface area contributed by atoms with E-state index in [1.54, 1.807) is 35.8 Å². The summed E-state index contributed by atoms with van der Waals surface area (Å²) in [6.07, 6.45) is 3.07. The quantitative estimate of drug-likeness (QED) is 0.403. The number of amides is 1. The van der Waals surface area contributed by atoms with Crippen molar-refractivity contribution in [2.45, 2.75) is 18.6 Å². The summed E-state index contributed by atoms with van der Waals surface area (Å²) in [6.45, 7) is 5.82. The monoisotopic (exact) mass is 451 g/mol. The second kappa shape index (κ2) is 9.39. The molecule has 10 heteroatoms. The average molecular weight is 452 g/mol. The zero-order valence-electron chi connectivity index (χ0n) is 15.3. The Balaban J connectivity index is 1.75. The van der Waals surface area contributed by atoms with E-state index in [2.05, 4.69) is 27.1 Å². The van der Waals surface area contributed by atoms with Crippen LogP contribution in [-0.2, 0) is 11.3 Å². The Morgan fingerprint density at radius 2 is 2.10 bits per heavy atom. The number of thioether (sulfide) groups is 1. The lowest BCUT2D eigenvalue weighted by atomic mass is 10.2. The van der Waals surface area contributed by atoms with Gasteiger partial charge in [-0.25, -0.2) is 9.37 Å². The largest absolute Gasteiger partial charge is 0.309 e. The number of carbonyl (C=O) groups excluding carboxylic acids is 1. The molecule has 3 rings (SSSR count). The molecule has 3 aromatic rings. The van der Waals surface area contributed by atoms with Gasteiger partial charge in [0.15, 0.2) is 16.8 Å². The molecule has 1 aromatic carbocycles. The van der Waals surface area contributed by atoms with E-state index < -0.39 is 5.82 Å². The van der Waals surface area contributed by atoms with Crippen molar-refractivity contribution in [1.82, 2.24) is 19.7 Å². The van der Waals surface area contributed by atoms with E-state index in [1.807, 2.05) is 0 Å². The molecule has 29 heavy (non-hydrogen) atoms. The van der Waals surface area contributed by atoms with Crippen molar-refractivity contribution in [3.8, 4) is 11.4 Å². The first kappa shape index (κ1) is 21.3. The van der Waals surface area contributed by atoms with Gasteiger partial charge >= 0.3 is 0 Å². The molecule has 1 amide bonds. The van der Waals surface area contributed by atoms with Gasteiger partial charge in [-0.3, -0.25) is 9.36 Å². The Morgan fingerprint density at radius 3 is 2.83 bits per heavy atom. The second-order valence-electron chi connectivity index (χ2n) is 5.92. The van der Waals surface area contributed by atoms with Crippen molar-refractivity contribution in [2.24, 2.45) is 0 Å². The van der Waals surface area contributed by atoms with Gasteiger partial charge in [0, 0.05) is 12.7 Å². The van der Waals surface area contributed by atoms with Crippen LogP contribution in [0.4, 0.5) is 10.2 Å². The van der Waals surface area contributed by atoms with Gasteiger partial charge in [0.05, 0.1) is 21.4 Å². The predicted molar refractivity (Wildman–Crippen MR) is 114 cm³/mol. The molecule has 2 heterocycles. The van der Waals surface area contributed by atoms with Gasteiger partial charge in [0.2, 0.25) is 5.91 Å². The summed E-state index contributed by atoms with van der Waals surface area (Å²) in [5.74, 6) is -0.0977. The van der Waals surface area contributed by atoms with Crippen LogP contribution in [0.2, 0.25) is 10.0 Å². The lowest BCUT2D eigenvalue weighted by Crippen LogP contribution is -2.16. The number of halogens is 3. The lowest BCUT2D eigenvalue weighted by molar-refractivity contribution is -0.113. The highest BCUT2D eigenvalue weighted by molar-refractivity contribution is 7.99. The minimum Gasteiger partial charge on any atom is -0.309 e. The van der Waals surface area contributed by atoms with Gasteiger partial charge < -0.3 is 5.32 Å². The standard InChI is InChI=1S/C19H16Cl2FN5OS/c1-3-8-27-18(12-6-4-5-7-14(12)22)25-26-19(27)29-10-15(28)24-17-16(21)11(2)13(20)9-23-17/h3-7,9H,1,8,10H2,2H3,(H,23,24,28). The molecule has 0 aliphatic carbocycles. The molecule has 0 aliphatic heterocycles. The van der Waals surface area contributed by atoms with Crippen LogP contribution in [0.5, 0.6) is 0 Å². The number of pyridine rings is 1. The molecule has 6 nitrogen and oxygen atoms in total. The summed E-state index contributed by atoms with van der Waals surface area (Å²) in [5, 5.41) is 12.0. The molecular formula is C19H16Cl2FN5OS. The highest BCUT2D eigenvalue weighted by atomic mass is 35.5. The number of rotatable bonds is 7. The Morgan fingerprint density at radius 1 is 1.34 bits per heavy atom. The third kappa shape index (κ3) is 4.77. The molecule has 0 radical (unpaired) electrons. The predicted octanol–water partition coefficient (Wildman–Crippen LogP) is 5.01. The topological polar surface area (TPSA) is 72.7 Å². The van der Waals surface area contributed by atoms with E-state index in [-0.39, 0.29) is 22.5 Å². The maximum absolute atomic E-state index is 14.2. The van der Waals surface area contributed by atoms with Gasteiger partial charge in [0.1, 0.15) is 5.82 Å². The van der Waals surface area contributed by atoms with E-state index in [1.165, 1.54) is 12.3 Å². The molecule has 0 saturated carbocycles. The van der Waals surface area contributed by atoms with E-state index in [9.17, 15) is 9.18 Å². The average Bonchev–Trinajstić information content (AvgIpc) is 3.10. The molecule has 0 unspecified atom stereocenters. The van der Waals surface area contributed by atoms with Gasteiger partial charge in [-0.2, -0.15) is 0 Å². The molecule has 0 aliphatic rings. The van der Waals surface area contributed by atoms with E-state index in [0.717, 1.165) is 11.8 Å². The first-order valence-electron chi connectivity index (χ1n) is 8.44. The number of aromatic nitrogens is 4. The van der Waals surface area contributed by atoms with Crippen molar-refractivity contribution in [1.29, 1.82) is 0 Å². The summed E-state index contributed by atoms with van der Waals surface area (Å²) in [7, 11) is 0. The van der Waals surface area contributed by atoms with Crippen LogP contribution in [0.3, 0.4) is 0 Å². The van der Waals surface area contributed by atoms with Gasteiger partial charge in [-0.1, -0.05) is 53.2 Å². The number of anilines is 1. The summed E-state index contributed by atoms with van der Waals surface area (Å²) < 4.78 is 15.8. The minimum absolute atomic E-state index is 0.0340. The molecular weight excluding hydrogens is 436 g/mol. The van der Waals surface area contributed by atoms with Crippen LogP contribution in [0.1, 0.15) is 5.56 Å². The maximum atomic E-state index is 14.2. The molecule has 0 spiro atoms. The zero-order chi connectivity index (χ0) is 21.0. The van der Waals surface area contributed by atoms with Crippen LogP contribution >= 0.6 is 35.0 Å². The van der Waals surface area contributed by atoms with Gasteiger partial charge in [-0.05, 0) is 24.6 Å². The second-order valence-corrected chi connectivity index (χ2v) is 7.64. The van der Waals surface area contributed by atoms with Gasteiger partial charge in [0.25, 0.3) is 0 Å². The Bertz CT molecular complexity index is 1070. The van der Waals surface area contributed by atoms with Crippen LogP contribution in [0.25, 0.3) is 11.4 Å². The lowest BCUT2D eigenvalue weighted by Gasteiger charge is -2.10. The summed E-state index contributed by atoms with van der Waals surface area (Å²) in [4.78, 5) is 16.4. The highest BCUT2D eigenvalue weighted by Crippen LogP contribution is 2.29. The SMILES string of the molecule is C=CCn1c(SCC(=O)Nc2ncc(Cl)c(C)c2Cl)nnc1-c1ccccc1F. The van der Waals surface area contributed by atoms with Crippen molar-refractivity contribution in [2.75, 3.05) is 11.1 Å². The summed E-state index contributed by atoms with van der Waals surface area (Å²) in [5.41, 5.74) is 0.956. The fraction of sp³-hybridized carbons (Fsp3) is 0.158. The number of hydrogen-bond acceptors (Lipinski definition) is 5. The zero-order valence-corrected chi connectivity index (χ0v) is 17.7. The highest BCUT2D eigenvalue weighted by Gasteiger charge is 2.18. The summed E-state index contributed by atoms with van der Waals surface area (Å²) >= 11 is 13.3. The van der Waals surface area contributed by atoms with E-state index in [4.69, 9.17) is 23.2 Å². The molecule has 0 saturated heterocycles. The van der Waals surface area contributed by atoms with Crippen molar-refractivity contribution >= 4 is 46.7 Å². The van der Waals surface area contributed by atoms with Crippen molar-refractivity contribution < 1.29 is 9.18 Å². The van der Waals surface area contributed by atoms with Crippen molar-refractivity contribution in [3.05, 3.63) is 64.5 Å². The number of nitrogens with zero attached hydrogens (tertiary/aromatic N) is 4. The third-order valence-electron chi connectivity index (χ3n) is 3.94. The smallest absolute Gasteiger partial charge is 0.236 e. The number of benzene rings is 1. The molecule has 0 atom stereocenters. The number of carbonyl (C=O) groups is 1. The molecule has 150 valence electrons. The fourth-order valence-corrected chi connectivity index (χ4v) is 3.61. The summed E-state index contributed by atoms with van der Waals surface area (Å²) in [6, 6.07) is 6.30. The first-order chi connectivity index (χ1) is 13.9. The van der Waals surface area contributed by atoms with Crippen LogP contribution in [0, 0.1) is 12.7 Å². The number of allylic oxidation sites excluding steroid dienone is 1. The van der Waals surface area contributed by atoms with Crippen LogP contribution < -0.4 is 5.32 Å².